The van der Waals surface area contributed by atoms with E-state index in [4.69, 9.17) is 0 Å². The van der Waals surface area contributed by atoms with Crippen LogP contribution >= 0.6 is 0 Å². The van der Waals surface area contributed by atoms with Crippen LogP contribution in [0.5, 0.6) is 0 Å². The predicted molar refractivity (Wildman–Crippen MR) is 91.8 cm³/mol. The van der Waals surface area contributed by atoms with E-state index in [2.05, 4.69) is 28.5 Å². The van der Waals surface area contributed by atoms with Crippen molar-refractivity contribution in [2.45, 2.75) is 26.7 Å². The first-order valence-electron chi connectivity index (χ1n) is 7.53. The fraction of sp³-hybridized carbons (Fsp3) is 0.333. The molecule has 1 atom stereocenters. The van der Waals surface area contributed by atoms with E-state index >= 15 is 0 Å². The Morgan fingerprint density at radius 1 is 1.36 bits per heavy atom. The number of hydrogen-bond acceptors (Lipinski definition) is 3. The molecular formula is C18H23N3O. The van der Waals surface area contributed by atoms with Crippen LogP contribution in [0.25, 0.3) is 0 Å². The smallest absolute Gasteiger partial charge is 0.259 e. The molecule has 2 N–H and O–H groups in total. The number of amides is 1. The first-order valence-corrected chi connectivity index (χ1v) is 7.53. The zero-order valence-corrected chi connectivity index (χ0v) is 13.2. The standard InChI is InChI=1S/C18H23N3O/c1-13(2)15-10-9-14(3)17(11-15)20-21-18(22)12-19-16-7-5-4-6-8-16/h4-9,15,19H,1,10-12H2,2-3H3,(H,21,22)/t15-/m0/s1. The van der Waals surface area contributed by atoms with Gasteiger partial charge in [-0.15, -0.1) is 0 Å². The maximum Gasteiger partial charge on any atom is 0.259 e. The molecule has 0 unspecified atom stereocenters. The van der Waals surface area contributed by atoms with Gasteiger partial charge in [0.15, 0.2) is 0 Å². The summed E-state index contributed by atoms with van der Waals surface area (Å²) in [5.41, 5.74) is 6.78. The summed E-state index contributed by atoms with van der Waals surface area (Å²) in [5, 5.41) is 7.34. The highest BCUT2D eigenvalue weighted by molar-refractivity contribution is 6.01. The Hall–Kier alpha value is -2.36. The quantitative estimate of drug-likeness (QED) is 0.645. The molecule has 0 fully saturated rings. The largest absolute Gasteiger partial charge is 0.376 e. The van der Waals surface area contributed by atoms with E-state index in [1.165, 1.54) is 0 Å². The SMILES string of the molecule is C=C(C)[C@H]1CC=C(C)C(=NNC(=O)CNc2ccccc2)C1. The number of rotatable bonds is 5. The van der Waals surface area contributed by atoms with Gasteiger partial charge in [0.2, 0.25) is 0 Å². The van der Waals surface area contributed by atoms with Crippen LogP contribution in [-0.2, 0) is 4.79 Å². The number of nitrogens with zero attached hydrogens (tertiary/aromatic N) is 1. The molecule has 0 radical (unpaired) electrons. The number of para-hydroxylation sites is 1. The summed E-state index contributed by atoms with van der Waals surface area (Å²) in [6, 6.07) is 9.63. The van der Waals surface area contributed by atoms with Gasteiger partial charge in [-0.05, 0) is 50.3 Å². The Labute approximate surface area is 132 Å². The molecule has 2 rings (SSSR count). The molecule has 0 aromatic heterocycles. The Bertz CT molecular complexity index is 602. The third kappa shape index (κ3) is 4.58. The zero-order chi connectivity index (χ0) is 15.9. The fourth-order valence-corrected chi connectivity index (χ4v) is 2.33. The maximum absolute atomic E-state index is 11.9. The maximum atomic E-state index is 11.9. The van der Waals surface area contributed by atoms with Crippen molar-refractivity contribution in [3.63, 3.8) is 0 Å². The van der Waals surface area contributed by atoms with Crippen molar-refractivity contribution in [3.05, 3.63) is 54.1 Å². The van der Waals surface area contributed by atoms with Crippen LogP contribution in [-0.4, -0.2) is 18.2 Å². The Morgan fingerprint density at radius 2 is 2.09 bits per heavy atom. The van der Waals surface area contributed by atoms with Gasteiger partial charge < -0.3 is 5.32 Å². The minimum atomic E-state index is -0.151. The van der Waals surface area contributed by atoms with Gasteiger partial charge in [0.05, 0.1) is 12.3 Å². The molecule has 22 heavy (non-hydrogen) atoms. The number of benzene rings is 1. The minimum absolute atomic E-state index is 0.151. The van der Waals surface area contributed by atoms with Crippen LogP contribution in [0.15, 0.2) is 59.2 Å². The highest BCUT2D eigenvalue weighted by Crippen LogP contribution is 2.26. The van der Waals surface area contributed by atoms with Crippen molar-refractivity contribution in [3.8, 4) is 0 Å². The van der Waals surface area contributed by atoms with Crippen LogP contribution in [0.4, 0.5) is 5.69 Å². The molecule has 116 valence electrons. The van der Waals surface area contributed by atoms with Crippen LogP contribution in [0.2, 0.25) is 0 Å². The lowest BCUT2D eigenvalue weighted by Crippen LogP contribution is -2.28. The number of carbonyl (C=O) groups is 1. The number of allylic oxidation sites excluding steroid dienone is 3. The minimum Gasteiger partial charge on any atom is -0.376 e. The van der Waals surface area contributed by atoms with Gasteiger partial charge in [0.25, 0.3) is 5.91 Å². The molecule has 0 aliphatic heterocycles. The third-order valence-electron chi connectivity index (χ3n) is 3.84. The summed E-state index contributed by atoms with van der Waals surface area (Å²) in [6.45, 7) is 8.29. The first-order chi connectivity index (χ1) is 10.6. The van der Waals surface area contributed by atoms with E-state index in [1.54, 1.807) is 0 Å². The van der Waals surface area contributed by atoms with Crippen molar-refractivity contribution >= 4 is 17.3 Å². The second-order valence-corrected chi connectivity index (χ2v) is 5.68. The van der Waals surface area contributed by atoms with E-state index < -0.39 is 0 Å². The number of anilines is 1. The molecule has 0 bridgehead atoms. The van der Waals surface area contributed by atoms with E-state index in [9.17, 15) is 4.79 Å². The molecular weight excluding hydrogens is 274 g/mol. The first kappa shape index (κ1) is 16.0. The lowest BCUT2D eigenvalue weighted by atomic mass is 9.85. The van der Waals surface area contributed by atoms with Crippen molar-refractivity contribution in [1.82, 2.24) is 5.43 Å². The summed E-state index contributed by atoms with van der Waals surface area (Å²) in [7, 11) is 0. The van der Waals surface area contributed by atoms with Crippen molar-refractivity contribution in [1.29, 1.82) is 0 Å². The van der Waals surface area contributed by atoms with Gasteiger partial charge in [-0.3, -0.25) is 4.79 Å². The Morgan fingerprint density at radius 3 is 2.77 bits per heavy atom. The second kappa shape index (κ2) is 7.59. The van der Waals surface area contributed by atoms with Crippen LogP contribution in [0, 0.1) is 5.92 Å². The number of carbonyl (C=O) groups excluding carboxylic acids is 1. The lowest BCUT2D eigenvalue weighted by Gasteiger charge is -2.22. The van der Waals surface area contributed by atoms with Gasteiger partial charge in [-0.1, -0.05) is 36.4 Å². The predicted octanol–water partition coefficient (Wildman–Crippen LogP) is 3.50. The number of hydrogen-bond donors (Lipinski definition) is 2. The van der Waals surface area contributed by atoms with E-state index in [-0.39, 0.29) is 12.5 Å². The summed E-state index contributed by atoms with van der Waals surface area (Å²) < 4.78 is 0. The van der Waals surface area contributed by atoms with Gasteiger partial charge in [0, 0.05) is 5.69 Å². The van der Waals surface area contributed by atoms with Gasteiger partial charge >= 0.3 is 0 Å². The molecule has 0 heterocycles. The fourth-order valence-electron chi connectivity index (χ4n) is 2.33. The van der Waals surface area contributed by atoms with Crippen molar-refractivity contribution in [2.75, 3.05) is 11.9 Å². The van der Waals surface area contributed by atoms with Crippen LogP contribution in [0.1, 0.15) is 26.7 Å². The molecule has 1 aliphatic carbocycles. The molecule has 1 aromatic rings. The Kier molecular flexibility index (Phi) is 5.53. The molecule has 4 nitrogen and oxygen atoms in total. The molecule has 1 aliphatic rings. The summed E-state index contributed by atoms with van der Waals surface area (Å²) in [4.78, 5) is 11.9. The molecule has 0 saturated heterocycles. The second-order valence-electron chi connectivity index (χ2n) is 5.68. The summed E-state index contributed by atoms with van der Waals surface area (Å²) in [6.07, 6.45) is 4.00. The third-order valence-corrected chi connectivity index (χ3v) is 3.84. The topological polar surface area (TPSA) is 53.5 Å². The highest BCUT2D eigenvalue weighted by atomic mass is 16.2. The van der Waals surface area contributed by atoms with E-state index in [0.29, 0.717) is 5.92 Å². The average molecular weight is 297 g/mol. The average Bonchev–Trinajstić information content (AvgIpc) is 2.53. The van der Waals surface area contributed by atoms with Crippen LogP contribution < -0.4 is 10.7 Å². The van der Waals surface area contributed by atoms with Gasteiger partial charge in [-0.25, -0.2) is 5.43 Å². The molecule has 1 aromatic carbocycles. The van der Waals surface area contributed by atoms with Crippen LogP contribution in [0.3, 0.4) is 0 Å². The van der Waals surface area contributed by atoms with E-state index in [0.717, 1.165) is 35.4 Å². The Balaban J connectivity index is 1.87. The summed E-state index contributed by atoms with van der Waals surface area (Å²) in [5.74, 6) is 0.267. The molecule has 0 spiro atoms. The van der Waals surface area contributed by atoms with E-state index in [1.807, 2.05) is 44.2 Å². The van der Waals surface area contributed by atoms with Gasteiger partial charge in [0.1, 0.15) is 0 Å². The van der Waals surface area contributed by atoms with Gasteiger partial charge in [-0.2, -0.15) is 5.10 Å². The van der Waals surface area contributed by atoms with Crippen molar-refractivity contribution in [2.24, 2.45) is 11.0 Å². The molecule has 0 saturated carbocycles. The summed E-state index contributed by atoms with van der Waals surface area (Å²) >= 11 is 0. The molecule has 1 amide bonds. The highest BCUT2D eigenvalue weighted by Gasteiger charge is 2.18. The zero-order valence-electron chi connectivity index (χ0n) is 13.2. The molecule has 4 heteroatoms. The monoisotopic (exact) mass is 297 g/mol. The number of hydrazone groups is 1. The normalized spacial score (nSPS) is 19.5. The lowest BCUT2D eigenvalue weighted by molar-refractivity contribution is -0.119. The number of nitrogens with one attached hydrogen (secondary N) is 2. The van der Waals surface area contributed by atoms with Crippen molar-refractivity contribution < 1.29 is 4.79 Å².